The predicted octanol–water partition coefficient (Wildman–Crippen LogP) is 0.740. The Hall–Kier alpha value is -0.980. The third kappa shape index (κ3) is 4.41. The summed E-state index contributed by atoms with van der Waals surface area (Å²) in [6.45, 7) is 4.98. The van der Waals surface area contributed by atoms with Gasteiger partial charge in [0.15, 0.2) is 0 Å². The fourth-order valence-corrected chi connectivity index (χ4v) is 1.96. The number of rotatable bonds is 6. The average molecular weight is 257 g/mol. The smallest absolute Gasteiger partial charge is 0.270 e. The molecule has 0 aliphatic carbocycles. The molecule has 1 aromatic rings. The van der Waals surface area contributed by atoms with Crippen LogP contribution in [0.1, 0.15) is 35.8 Å². The number of aliphatic hydroxyl groups is 1. The van der Waals surface area contributed by atoms with Crippen LogP contribution in [-0.4, -0.2) is 29.1 Å². The van der Waals surface area contributed by atoms with Gasteiger partial charge in [-0.2, -0.15) is 0 Å². The summed E-state index contributed by atoms with van der Waals surface area (Å²) in [5.41, 5.74) is 5.73. The van der Waals surface area contributed by atoms with Crippen molar-refractivity contribution in [2.24, 2.45) is 11.1 Å². The van der Waals surface area contributed by atoms with Crippen LogP contribution in [-0.2, 0) is 6.54 Å². The number of aromatic nitrogens is 1. The molecular formula is C11H19N3O2S. The van der Waals surface area contributed by atoms with Gasteiger partial charge in [-0.3, -0.25) is 4.79 Å². The molecule has 1 amide bonds. The van der Waals surface area contributed by atoms with Crippen LogP contribution >= 0.6 is 11.3 Å². The third-order valence-corrected chi connectivity index (χ3v) is 3.35. The predicted molar refractivity (Wildman–Crippen MR) is 67.8 cm³/mol. The number of nitrogens with two attached hydrogens (primary N) is 1. The van der Waals surface area contributed by atoms with Gasteiger partial charge in [-0.25, -0.2) is 4.98 Å². The van der Waals surface area contributed by atoms with Crippen LogP contribution in [0.4, 0.5) is 0 Å². The van der Waals surface area contributed by atoms with E-state index in [1.54, 1.807) is 5.38 Å². The fraction of sp³-hybridized carbons (Fsp3) is 0.636. The monoisotopic (exact) mass is 257 g/mol. The minimum atomic E-state index is -0.188. The Morgan fingerprint density at radius 2 is 2.35 bits per heavy atom. The molecule has 0 spiro atoms. The lowest BCUT2D eigenvalue weighted by Crippen LogP contribution is -2.34. The van der Waals surface area contributed by atoms with E-state index in [1.165, 1.54) is 11.3 Å². The minimum Gasteiger partial charge on any atom is -0.396 e. The van der Waals surface area contributed by atoms with E-state index in [-0.39, 0.29) is 17.9 Å². The molecule has 0 aliphatic heterocycles. The first kappa shape index (κ1) is 14.1. The second-order valence-corrected chi connectivity index (χ2v) is 5.59. The largest absolute Gasteiger partial charge is 0.396 e. The number of hydrogen-bond donors (Lipinski definition) is 3. The third-order valence-electron chi connectivity index (χ3n) is 2.48. The molecule has 0 atom stereocenters. The van der Waals surface area contributed by atoms with Crippen LogP contribution in [0.5, 0.6) is 0 Å². The quantitative estimate of drug-likeness (QED) is 0.701. The van der Waals surface area contributed by atoms with Crippen LogP contribution in [0.25, 0.3) is 0 Å². The molecule has 0 unspecified atom stereocenters. The van der Waals surface area contributed by atoms with Crippen LogP contribution < -0.4 is 11.1 Å². The molecule has 0 aliphatic rings. The van der Waals surface area contributed by atoms with E-state index in [1.807, 2.05) is 13.8 Å². The summed E-state index contributed by atoms with van der Waals surface area (Å²) in [5.74, 6) is -0.188. The Balaban J connectivity index is 2.49. The topological polar surface area (TPSA) is 88.2 Å². The maximum Gasteiger partial charge on any atom is 0.270 e. The summed E-state index contributed by atoms with van der Waals surface area (Å²) < 4.78 is 0. The molecular weight excluding hydrogens is 238 g/mol. The van der Waals surface area contributed by atoms with Gasteiger partial charge < -0.3 is 16.2 Å². The second kappa shape index (κ2) is 6.09. The first-order chi connectivity index (χ1) is 7.98. The number of thiazole rings is 1. The second-order valence-electron chi connectivity index (χ2n) is 4.65. The fourth-order valence-electron chi connectivity index (χ4n) is 1.31. The number of hydrogen-bond acceptors (Lipinski definition) is 5. The Labute approximate surface area is 105 Å². The molecule has 4 N–H and O–H groups in total. The summed E-state index contributed by atoms with van der Waals surface area (Å²) in [6, 6.07) is 0. The van der Waals surface area contributed by atoms with Gasteiger partial charge in [0.1, 0.15) is 10.7 Å². The van der Waals surface area contributed by atoms with Crippen molar-refractivity contribution in [1.29, 1.82) is 0 Å². The van der Waals surface area contributed by atoms with Crippen molar-refractivity contribution in [2.75, 3.05) is 13.2 Å². The molecule has 6 heteroatoms. The molecule has 0 saturated heterocycles. The number of carbonyl (C=O) groups excluding carboxylic acids is 1. The van der Waals surface area contributed by atoms with Gasteiger partial charge in [0.25, 0.3) is 5.91 Å². The normalized spacial score (nSPS) is 11.5. The maximum atomic E-state index is 11.8. The molecule has 0 saturated carbocycles. The summed E-state index contributed by atoms with van der Waals surface area (Å²) in [7, 11) is 0. The highest BCUT2D eigenvalue weighted by Crippen LogP contribution is 2.18. The van der Waals surface area contributed by atoms with Crippen molar-refractivity contribution in [3.63, 3.8) is 0 Å². The first-order valence-electron chi connectivity index (χ1n) is 5.52. The van der Waals surface area contributed by atoms with E-state index in [0.717, 1.165) is 5.01 Å². The Morgan fingerprint density at radius 1 is 1.65 bits per heavy atom. The van der Waals surface area contributed by atoms with E-state index >= 15 is 0 Å². The van der Waals surface area contributed by atoms with E-state index in [9.17, 15) is 4.79 Å². The highest BCUT2D eigenvalue weighted by molar-refractivity contribution is 7.09. The molecule has 0 fully saturated rings. The zero-order chi connectivity index (χ0) is 12.9. The standard InChI is InChI=1S/C11H19N3O2S/c1-11(2,3-4-15)7-13-10(16)8-6-17-9(5-12)14-8/h6,15H,3-5,7,12H2,1-2H3,(H,13,16). The number of nitrogens with one attached hydrogen (secondary N) is 1. The van der Waals surface area contributed by atoms with Gasteiger partial charge in [0.05, 0.1) is 0 Å². The minimum absolute atomic E-state index is 0.114. The first-order valence-corrected chi connectivity index (χ1v) is 6.40. The average Bonchev–Trinajstić information content (AvgIpc) is 2.74. The molecule has 1 rings (SSSR count). The van der Waals surface area contributed by atoms with Gasteiger partial charge in [0.2, 0.25) is 0 Å². The van der Waals surface area contributed by atoms with Gasteiger partial charge in [-0.15, -0.1) is 11.3 Å². The van der Waals surface area contributed by atoms with E-state index in [0.29, 0.717) is 25.2 Å². The summed E-state index contributed by atoms with van der Waals surface area (Å²) in [6.07, 6.45) is 0.651. The molecule has 0 radical (unpaired) electrons. The Bertz CT molecular complexity index is 377. The highest BCUT2D eigenvalue weighted by atomic mass is 32.1. The number of aliphatic hydroxyl groups excluding tert-OH is 1. The van der Waals surface area contributed by atoms with Crippen molar-refractivity contribution in [3.05, 3.63) is 16.1 Å². The van der Waals surface area contributed by atoms with E-state index < -0.39 is 0 Å². The van der Waals surface area contributed by atoms with Crippen molar-refractivity contribution in [3.8, 4) is 0 Å². The maximum absolute atomic E-state index is 11.8. The molecule has 1 heterocycles. The molecule has 5 nitrogen and oxygen atoms in total. The summed E-state index contributed by atoms with van der Waals surface area (Å²) in [5, 5.41) is 14.2. The lowest BCUT2D eigenvalue weighted by atomic mass is 9.90. The summed E-state index contributed by atoms with van der Waals surface area (Å²) in [4.78, 5) is 15.9. The summed E-state index contributed by atoms with van der Waals surface area (Å²) >= 11 is 1.38. The van der Waals surface area contributed by atoms with Crippen molar-refractivity contribution in [1.82, 2.24) is 10.3 Å². The molecule has 96 valence electrons. The zero-order valence-electron chi connectivity index (χ0n) is 10.2. The molecule has 17 heavy (non-hydrogen) atoms. The number of carbonyl (C=O) groups is 1. The Morgan fingerprint density at radius 3 is 2.88 bits per heavy atom. The van der Waals surface area contributed by atoms with E-state index in [2.05, 4.69) is 10.3 Å². The molecule has 0 aromatic carbocycles. The number of nitrogens with zero attached hydrogens (tertiary/aromatic N) is 1. The van der Waals surface area contributed by atoms with Gasteiger partial charge in [-0.1, -0.05) is 13.8 Å². The molecule has 0 bridgehead atoms. The van der Waals surface area contributed by atoms with Gasteiger partial charge in [-0.05, 0) is 11.8 Å². The Kier molecular flexibility index (Phi) is 5.04. The lowest BCUT2D eigenvalue weighted by Gasteiger charge is -2.23. The lowest BCUT2D eigenvalue weighted by molar-refractivity contribution is 0.0923. The highest BCUT2D eigenvalue weighted by Gasteiger charge is 2.19. The van der Waals surface area contributed by atoms with Crippen LogP contribution in [0.2, 0.25) is 0 Å². The molecule has 1 aromatic heterocycles. The number of amides is 1. The van der Waals surface area contributed by atoms with Crippen molar-refractivity contribution >= 4 is 17.2 Å². The van der Waals surface area contributed by atoms with E-state index in [4.69, 9.17) is 10.8 Å². The van der Waals surface area contributed by atoms with Crippen LogP contribution in [0.15, 0.2) is 5.38 Å². The van der Waals surface area contributed by atoms with Crippen LogP contribution in [0, 0.1) is 5.41 Å². The van der Waals surface area contributed by atoms with Crippen molar-refractivity contribution < 1.29 is 9.90 Å². The van der Waals surface area contributed by atoms with Gasteiger partial charge >= 0.3 is 0 Å². The van der Waals surface area contributed by atoms with Crippen LogP contribution in [0.3, 0.4) is 0 Å². The SMILES string of the molecule is CC(C)(CCO)CNC(=O)c1csc(CN)n1. The van der Waals surface area contributed by atoms with Crippen molar-refractivity contribution in [2.45, 2.75) is 26.8 Å². The zero-order valence-corrected chi connectivity index (χ0v) is 11.0. The van der Waals surface area contributed by atoms with Gasteiger partial charge in [0, 0.05) is 25.1 Å².